The first-order chi connectivity index (χ1) is 13.7. The highest BCUT2D eigenvalue weighted by Gasteiger charge is 2.14. The van der Waals surface area contributed by atoms with Crippen molar-refractivity contribution in [2.24, 2.45) is 0 Å². The number of rotatable bonds is 5. The number of benzene rings is 3. The minimum absolute atomic E-state index is 0.865. The van der Waals surface area contributed by atoms with Gasteiger partial charge in [-0.3, -0.25) is 0 Å². The highest BCUT2D eigenvalue weighted by Crippen LogP contribution is 2.44. The first-order valence-corrected chi connectivity index (χ1v) is 9.99. The van der Waals surface area contributed by atoms with E-state index in [9.17, 15) is 0 Å². The highest BCUT2D eigenvalue weighted by atomic mass is 32.1. The van der Waals surface area contributed by atoms with Crippen molar-refractivity contribution >= 4 is 11.3 Å². The molecule has 0 amide bonds. The van der Waals surface area contributed by atoms with Gasteiger partial charge in [-0.25, -0.2) is 0 Å². The van der Waals surface area contributed by atoms with Gasteiger partial charge in [0.15, 0.2) is 0 Å². The molecule has 0 aliphatic rings. The molecule has 0 saturated heterocycles. The monoisotopic (exact) mass is 386 g/mol. The summed E-state index contributed by atoms with van der Waals surface area (Å²) in [4.78, 5) is 2.52. The molecule has 3 aromatic carbocycles. The molecule has 28 heavy (non-hydrogen) atoms. The molecule has 0 unspecified atom stereocenters. The summed E-state index contributed by atoms with van der Waals surface area (Å²) in [7, 11) is 3.39. The van der Waals surface area contributed by atoms with Crippen molar-refractivity contribution in [1.29, 1.82) is 0 Å². The van der Waals surface area contributed by atoms with Gasteiger partial charge in [0, 0.05) is 15.3 Å². The molecule has 1 aromatic heterocycles. The number of aryl methyl sites for hydroxylation is 1. The van der Waals surface area contributed by atoms with Crippen LogP contribution in [0, 0.1) is 6.92 Å². The van der Waals surface area contributed by atoms with Gasteiger partial charge in [-0.05, 0) is 66.1 Å². The van der Waals surface area contributed by atoms with Gasteiger partial charge in [0.05, 0.1) is 14.2 Å². The lowest BCUT2D eigenvalue weighted by molar-refractivity contribution is 0.414. The van der Waals surface area contributed by atoms with E-state index in [0.29, 0.717) is 0 Å². The van der Waals surface area contributed by atoms with Crippen LogP contribution in [0.4, 0.5) is 0 Å². The standard InChI is InChI=1S/C25H22O2S/c1-17-5-4-6-20(15-17)24-16-23(18-7-11-21(26-2)12-8-18)25(28-24)19-9-13-22(27-3)14-10-19/h4-16H,1-3H3. The van der Waals surface area contributed by atoms with Crippen molar-refractivity contribution in [2.45, 2.75) is 6.92 Å². The van der Waals surface area contributed by atoms with Crippen LogP contribution in [0.5, 0.6) is 11.5 Å². The van der Waals surface area contributed by atoms with E-state index in [2.05, 4.69) is 61.5 Å². The molecule has 0 N–H and O–H groups in total. The molecule has 3 heteroatoms. The summed E-state index contributed by atoms with van der Waals surface area (Å²) in [6.45, 7) is 2.13. The fraction of sp³-hybridized carbons (Fsp3) is 0.120. The van der Waals surface area contributed by atoms with Gasteiger partial charge in [0.1, 0.15) is 11.5 Å². The molecule has 4 aromatic rings. The molecule has 0 bridgehead atoms. The van der Waals surface area contributed by atoms with Crippen molar-refractivity contribution in [3.05, 3.63) is 84.4 Å². The Labute approximate surface area is 170 Å². The number of hydrogen-bond acceptors (Lipinski definition) is 3. The summed E-state index contributed by atoms with van der Waals surface area (Å²) in [5.74, 6) is 1.73. The van der Waals surface area contributed by atoms with Crippen LogP contribution in [0.15, 0.2) is 78.9 Å². The van der Waals surface area contributed by atoms with E-state index in [-0.39, 0.29) is 0 Å². The second-order valence-electron chi connectivity index (χ2n) is 6.68. The third-order valence-corrected chi connectivity index (χ3v) is 6.02. The molecular weight excluding hydrogens is 364 g/mol. The smallest absolute Gasteiger partial charge is 0.118 e. The Morgan fingerprint density at radius 1 is 0.643 bits per heavy atom. The van der Waals surface area contributed by atoms with Crippen molar-refractivity contribution < 1.29 is 9.47 Å². The molecule has 0 saturated carbocycles. The molecule has 4 rings (SSSR count). The van der Waals surface area contributed by atoms with Gasteiger partial charge in [0.2, 0.25) is 0 Å². The predicted molar refractivity (Wildman–Crippen MR) is 118 cm³/mol. The molecule has 0 aliphatic heterocycles. The normalized spacial score (nSPS) is 10.7. The van der Waals surface area contributed by atoms with E-state index < -0.39 is 0 Å². The topological polar surface area (TPSA) is 18.5 Å². The Morgan fingerprint density at radius 2 is 1.25 bits per heavy atom. The maximum Gasteiger partial charge on any atom is 0.118 e. The SMILES string of the molecule is COc1ccc(-c2cc(-c3cccc(C)c3)sc2-c2ccc(OC)cc2)cc1. The Morgan fingerprint density at radius 3 is 1.82 bits per heavy atom. The molecule has 0 atom stereocenters. The van der Waals surface area contributed by atoms with Gasteiger partial charge in [-0.1, -0.05) is 42.0 Å². The van der Waals surface area contributed by atoms with Crippen LogP contribution in [-0.4, -0.2) is 14.2 Å². The van der Waals surface area contributed by atoms with Crippen LogP contribution in [-0.2, 0) is 0 Å². The minimum atomic E-state index is 0.865. The molecule has 140 valence electrons. The number of hydrogen-bond donors (Lipinski definition) is 0. The number of ether oxygens (including phenoxy) is 2. The van der Waals surface area contributed by atoms with Crippen LogP contribution < -0.4 is 9.47 Å². The third-order valence-electron chi connectivity index (χ3n) is 4.79. The minimum Gasteiger partial charge on any atom is -0.497 e. The highest BCUT2D eigenvalue weighted by molar-refractivity contribution is 7.19. The summed E-state index contributed by atoms with van der Waals surface area (Å²) in [6.07, 6.45) is 0. The van der Waals surface area contributed by atoms with E-state index in [1.165, 1.54) is 37.6 Å². The van der Waals surface area contributed by atoms with E-state index >= 15 is 0 Å². The summed E-state index contributed by atoms with van der Waals surface area (Å²) in [6, 6.07) is 27.5. The molecule has 1 heterocycles. The molecule has 2 nitrogen and oxygen atoms in total. The third kappa shape index (κ3) is 3.67. The van der Waals surface area contributed by atoms with Gasteiger partial charge in [0.25, 0.3) is 0 Å². The summed E-state index contributed by atoms with van der Waals surface area (Å²) in [5, 5.41) is 0. The second kappa shape index (κ2) is 7.91. The summed E-state index contributed by atoms with van der Waals surface area (Å²) < 4.78 is 10.6. The van der Waals surface area contributed by atoms with Crippen molar-refractivity contribution in [1.82, 2.24) is 0 Å². The number of thiophene rings is 1. The predicted octanol–water partition coefficient (Wildman–Crippen LogP) is 7.07. The quantitative estimate of drug-likeness (QED) is 0.365. The Bertz CT molecular complexity index is 1010. The van der Waals surface area contributed by atoms with Crippen LogP contribution >= 0.6 is 11.3 Å². The lowest BCUT2D eigenvalue weighted by atomic mass is 10.0. The fourth-order valence-corrected chi connectivity index (χ4v) is 4.46. The van der Waals surface area contributed by atoms with E-state index in [0.717, 1.165) is 11.5 Å². The number of methoxy groups -OCH3 is 2. The van der Waals surface area contributed by atoms with Crippen LogP contribution in [0.3, 0.4) is 0 Å². The van der Waals surface area contributed by atoms with Crippen molar-refractivity contribution in [3.63, 3.8) is 0 Å². The van der Waals surface area contributed by atoms with E-state index in [1.807, 2.05) is 35.6 Å². The zero-order chi connectivity index (χ0) is 19.5. The zero-order valence-corrected chi connectivity index (χ0v) is 17.0. The first-order valence-electron chi connectivity index (χ1n) is 9.17. The van der Waals surface area contributed by atoms with Crippen LogP contribution in [0.25, 0.3) is 32.0 Å². The largest absolute Gasteiger partial charge is 0.497 e. The summed E-state index contributed by atoms with van der Waals surface area (Å²) >= 11 is 1.82. The molecule has 0 radical (unpaired) electrons. The maximum atomic E-state index is 5.32. The van der Waals surface area contributed by atoms with Crippen LogP contribution in [0.2, 0.25) is 0 Å². The Balaban J connectivity index is 1.85. The summed E-state index contributed by atoms with van der Waals surface area (Å²) in [5.41, 5.74) is 6.12. The van der Waals surface area contributed by atoms with Gasteiger partial charge < -0.3 is 9.47 Å². The molecular formula is C25H22O2S. The van der Waals surface area contributed by atoms with Crippen molar-refractivity contribution in [3.8, 4) is 43.5 Å². The van der Waals surface area contributed by atoms with Gasteiger partial charge >= 0.3 is 0 Å². The molecule has 0 spiro atoms. The van der Waals surface area contributed by atoms with Crippen molar-refractivity contribution in [2.75, 3.05) is 14.2 Å². The van der Waals surface area contributed by atoms with Gasteiger partial charge in [-0.15, -0.1) is 11.3 Å². The van der Waals surface area contributed by atoms with E-state index in [1.54, 1.807) is 14.2 Å². The average molecular weight is 387 g/mol. The Hall–Kier alpha value is -3.04. The lowest BCUT2D eigenvalue weighted by Crippen LogP contribution is -1.84. The second-order valence-corrected chi connectivity index (χ2v) is 7.73. The fourth-order valence-electron chi connectivity index (χ4n) is 3.27. The molecule has 0 aliphatic carbocycles. The maximum absolute atomic E-state index is 5.32. The van der Waals surface area contributed by atoms with Crippen LogP contribution in [0.1, 0.15) is 5.56 Å². The zero-order valence-electron chi connectivity index (χ0n) is 16.2. The average Bonchev–Trinajstić information content (AvgIpc) is 3.19. The first kappa shape index (κ1) is 18.3. The lowest BCUT2D eigenvalue weighted by Gasteiger charge is -2.07. The van der Waals surface area contributed by atoms with Gasteiger partial charge in [-0.2, -0.15) is 0 Å². The Kier molecular flexibility index (Phi) is 5.18. The van der Waals surface area contributed by atoms with E-state index in [4.69, 9.17) is 9.47 Å². The molecule has 0 fully saturated rings.